The van der Waals surface area contributed by atoms with Crippen molar-refractivity contribution in [2.75, 3.05) is 19.6 Å². The van der Waals surface area contributed by atoms with Gasteiger partial charge >= 0.3 is 0 Å². The zero-order valence-corrected chi connectivity index (χ0v) is 7.83. The Balaban J connectivity index is 1.90. The van der Waals surface area contributed by atoms with Gasteiger partial charge in [-0.1, -0.05) is 0 Å². The highest BCUT2D eigenvalue weighted by atomic mass is 16.2. The number of carbonyl (C=O) groups is 1. The van der Waals surface area contributed by atoms with Gasteiger partial charge in [0, 0.05) is 25.7 Å². The van der Waals surface area contributed by atoms with E-state index in [-0.39, 0.29) is 11.9 Å². The van der Waals surface area contributed by atoms with Gasteiger partial charge in [0.05, 0.1) is 6.04 Å². The fraction of sp³-hybridized carbons (Fsp3) is 0.889. The zero-order chi connectivity index (χ0) is 9.26. The van der Waals surface area contributed by atoms with Gasteiger partial charge in [0.1, 0.15) is 0 Å². The van der Waals surface area contributed by atoms with E-state index < -0.39 is 0 Å². The molecular weight excluding hydrogens is 166 g/mol. The number of hydrogen-bond acceptors (Lipinski definition) is 3. The first kappa shape index (κ1) is 8.97. The fourth-order valence-corrected chi connectivity index (χ4v) is 2.16. The van der Waals surface area contributed by atoms with Crippen LogP contribution in [0.3, 0.4) is 0 Å². The number of piperidine rings is 1. The van der Waals surface area contributed by atoms with Crippen molar-refractivity contribution in [3.63, 3.8) is 0 Å². The molecule has 2 rings (SSSR count). The molecule has 0 aromatic carbocycles. The maximum Gasteiger partial charge on any atom is 0.237 e. The third-order valence-electron chi connectivity index (χ3n) is 3.03. The number of rotatable bonds is 1. The highest BCUT2D eigenvalue weighted by Crippen LogP contribution is 2.16. The first-order chi connectivity index (χ1) is 6.27. The van der Waals surface area contributed by atoms with Gasteiger partial charge in [-0.25, -0.2) is 0 Å². The minimum absolute atomic E-state index is 0.132. The molecule has 74 valence electrons. The Hall–Kier alpha value is -0.610. The smallest absolute Gasteiger partial charge is 0.237 e. The summed E-state index contributed by atoms with van der Waals surface area (Å²) < 4.78 is 0. The van der Waals surface area contributed by atoms with Crippen LogP contribution in [0, 0.1) is 0 Å². The first-order valence-corrected chi connectivity index (χ1v) is 5.05. The summed E-state index contributed by atoms with van der Waals surface area (Å²) in [6.45, 7) is 2.81. The Labute approximate surface area is 78.5 Å². The molecule has 4 nitrogen and oxygen atoms in total. The van der Waals surface area contributed by atoms with E-state index in [0.717, 1.165) is 38.9 Å². The molecule has 2 saturated heterocycles. The second-order valence-electron chi connectivity index (χ2n) is 3.97. The Morgan fingerprint density at radius 3 is 2.54 bits per heavy atom. The molecule has 1 unspecified atom stereocenters. The molecule has 0 bridgehead atoms. The van der Waals surface area contributed by atoms with E-state index in [2.05, 4.69) is 10.2 Å². The summed E-state index contributed by atoms with van der Waals surface area (Å²) in [7, 11) is 0. The lowest BCUT2D eigenvalue weighted by atomic mass is 10.0. The molecule has 4 heteroatoms. The van der Waals surface area contributed by atoms with Crippen LogP contribution in [-0.2, 0) is 4.79 Å². The standard InChI is InChI=1S/C9H17N3O/c10-7-2-5-12(6-3-7)8-1-4-11-9(8)13/h7-8H,1-6,10H2,(H,11,13). The van der Waals surface area contributed by atoms with Crippen molar-refractivity contribution in [3.8, 4) is 0 Å². The molecule has 3 N–H and O–H groups in total. The lowest BCUT2D eigenvalue weighted by Gasteiger charge is -2.33. The van der Waals surface area contributed by atoms with Crippen LogP contribution in [0.15, 0.2) is 0 Å². The van der Waals surface area contributed by atoms with Gasteiger partial charge in [-0.15, -0.1) is 0 Å². The van der Waals surface area contributed by atoms with E-state index in [0.29, 0.717) is 6.04 Å². The molecule has 0 aromatic rings. The highest BCUT2D eigenvalue weighted by molar-refractivity contribution is 5.83. The second-order valence-corrected chi connectivity index (χ2v) is 3.97. The normalized spacial score (nSPS) is 32.1. The summed E-state index contributed by atoms with van der Waals surface area (Å²) >= 11 is 0. The average molecular weight is 183 g/mol. The molecule has 2 heterocycles. The van der Waals surface area contributed by atoms with Crippen molar-refractivity contribution in [2.45, 2.75) is 31.3 Å². The quantitative estimate of drug-likeness (QED) is 0.565. The van der Waals surface area contributed by atoms with E-state index >= 15 is 0 Å². The second kappa shape index (κ2) is 3.64. The topological polar surface area (TPSA) is 58.4 Å². The van der Waals surface area contributed by atoms with Crippen molar-refractivity contribution in [1.29, 1.82) is 0 Å². The molecule has 1 amide bonds. The molecule has 0 spiro atoms. The largest absolute Gasteiger partial charge is 0.355 e. The van der Waals surface area contributed by atoms with Gasteiger partial charge in [0.15, 0.2) is 0 Å². The summed E-state index contributed by atoms with van der Waals surface area (Å²) in [6.07, 6.45) is 3.03. The van der Waals surface area contributed by atoms with Crippen LogP contribution in [-0.4, -0.2) is 42.5 Å². The molecule has 0 aromatic heterocycles. The van der Waals surface area contributed by atoms with Crippen LogP contribution in [0.4, 0.5) is 0 Å². The van der Waals surface area contributed by atoms with E-state index in [9.17, 15) is 4.79 Å². The van der Waals surface area contributed by atoms with E-state index in [4.69, 9.17) is 5.73 Å². The molecule has 0 radical (unpaired) electrons. The number of nitrogens with two attached hydrogens (primary N) is 1. The Bertz CT molecular complexity index is 199. The van der Waals surface area contributed by atoms with Crippen LogP contribution >= 0.6 is 0 Å². The van der Waals surface area contributed by atoms with Crippen LogP contribution in [0.25, 0.3) is 0 Å². The van der Waals surface area contributed by atoms with Gasteiger partial charge in [0.2, 0.25) is 5.91 Å². The summed E-state index contributed by atoms with van der Waals surface area (Å²) in [5.74, 6) is 0.204. The molecular formula is C9H17N3O. The van der Waals surface area contributed by atoms with Crippen LogP contribution in [0.5, 0.6) is 0 Å². The predicted molar refractivity (Wildman–Crippen MR) is 50.2 cm³/mol. The number of nitrogens with zero attached hydrogens (tertiary/aromatic N) is 1. The molecule has 0 aliphatic carbocycles. The van der Waals surface area contributed by atoms with E-state index in [1.54, 1.807) is 0 Å². The number of carbonyl (C=O) groups excluding carboxylic acids is 1. The van der Waals surface area contributed by atoms with Gasteiger partial charge < -0.3 is 11.1 Å². The Kier molecular flexibility index (Phi) is 2.51. The minimum Gasteiger partial charge on any atom is -0.355 e. The molecule has 2 fully saturated rings. The minimum atomic E-state index is 0.132. The predicted octanol–water partition coefficient (Wildman–Crippen LogP) is -0.702. The van der Waals surface area contributed by atoms with Gasteiger partial charge in [-0.05, 0) is 19.3 Å². The maximum atomic E-state index is 11.4. The molecule has 1 atom stereocenters. The fourth-order valence-electron chi connectivity index (χ4n) is 2.16. The molecule has 13 heavy (non-hydrogen) atoms. The van der Waals surface area contributed by atoms with Crippen molar-refractivity contribution in [3.05, 3.63) is 0 Å². The van der Waals surface area contributed by atoms with Gasteiger partial charge in [-0.2, -0.15) is 0 Å². The lowest BCUT2D eigenvalue weighted by Crippen LogP contribution is -2.47. The van der Waals surface area contributed by atoms with Crippen molar-refractivity contribution >= 4 is 5.91 Å². The van der Waals surface area contributed by atoms with E-state index in [1.165, 1.54) is 0 Å². The number of likely N-dealkylation sites (tertiary alicyclic amines) is 1. The van der Waals surface area contributed by atoms with Crippen molar-refractivity contribution < 1.29 is 4.79 Å². The summed E-state index contributed by atoms with van der Waals surface area (Å²) in [5, 5.41) is 2.87. The SMILES string of the molecule is NC1CCN(C2CCNC2=O)CC1. The van der Waals surface area contributed by atoms with Crippen molar-refractivity contribution in [2.24, 2.45) is 5.73 Å². The Morgan fingerprint density at radius 2 is 2.00 bits per heavy atom. The molecule has 2 aliphatic heterocycles. The van der Waals surface area contributed by atoms with Gasteiger partial charge in [0.25, 0.3) is 0 Å². The van der Waals surface area contributed by atoms with Crippen LogP contribution < -0.4 is 11.1 Å². The van der Waals surface area contributed by atoms with Crippen LogP contribution in [0.1, 0.15) is 19.3 Å². The highest BCUT2D eigenvalue weighted by Gasteiger charge is 2.31. The summed E-state index contributed by atoms with van der Waals surface area (Å²) in [4.78, 5) is 13.6. The number of nitrogens with one attached hydrogen (secondary N) is 1. The van der Waals surface area contributed by atoms with E-state index in [1.807, 2.05) is 0 Å². The third kappa shape index (κ3) is 1.84. The first-order valence-electron chi connectivity index (χ1n) is 5.05. The average Bonchev–Trinajstić information content (AvgIpc) is 2.53. The summed E-state index contributed by atoms with van der Waals surface area (Å²) in [5.41, 5.74) is 5.80. The summed E-state index contributed by atoms with van der Waals surface area (Å²) in [6, 6.07) is 0.480. The maximum absolute atomic E-state index is 11.4. The van der Waals surface area contributed by atoms with Gasteiger partial charge in [-0.3, -0.25) is 9.69 Å². The number of hydrogen-bond donors (Lipinski definition) is 2. The third-order valence-corrected chi connectivity index (χ3v) is 3.03. The Morgan fingerprint density at radius 1 is 1.31 bits per heavy atom. The number of amides is 1. The zero-order valence-electron chi connectivity index (χ0n) is 7.83. The monoisotopic (exact) mass is 183 g/mol. The lowest BCUT2D eigenvalue weighted by molar-refractivity contribution is -0.124. The van der Waals surface area contributed by atoms with Crippen LogP contribution in [0.2, 0.25) is 0 Å². The molecule has 2 aliphatic rings. The molecule has 0 saturated carbocycles. The van der Waals surface area contributed by atoms with Crippen molar-refractivity contribution in [1.82, 2.24) is 10.2 Å².